The Morgan fingerprint density at radius 2 is 2.27 bits per heavy atom. The van der Waals surface area contributed by atoms with E-state index in [0.29, 0.717) is 43.2 Å². The van der Waals surface area contributed by atoms with Crippen LogP contribution < -0.4 is 5.32 Å². The van der Waals surface area contributed by atoms with Crippen LogP contribution in [0.1, 0.15) is 57.8 Å². The lowest BCUT2D eigenvalue weighted by Crippen LogP contribution is -2.36. The fraction of sp³-hybridized carbons (Fsp3) is 0.450. The average Bonchev–Trinajstić information content (AvgIpc) is 3.51. The zero-order valence-corrected chi connectivity index (χ0v) is 16.9. The number of aromatic amines is 1. The highest BCUT2D eigenvalue weighted by Crippen LogP contribution is 2.22. The molecule has 0 saturated heterocycles. The zero-order chi connectivity index (χ0) is 20.9. The van der Waals surface area contributed by atoms with Crippen molar-refractivity contribution in [1.82, 2.24) is 35.4 Å². The Morgan fingerprint density at radius 3 is 3.07 bits per heavy atom. The summed E-state index contributed by atoms with van der Waals surface area (Å²) in [7, 11) is 0. The van der Waals surface area contributed by atoms with E-state index in [-0.39, 0.29) is 11.8 Å². The minimum atomic E-state index is -0.201. The third-order valence-electron chi connectivity index (χ3n) is 5.12. The molecular formula is C20H25N7O3. The lowest BCUT2D eigenvalue weighted by atomic mass is 10.0. The van der Waals surface area contributed by atoms with Crippen LogP contribution in [0.4, 0.5) is 0 Å². The number of rotatable bonds is 8. The summed E-state index contributed by atoms with van der Waals surface area (Å²) in [6.45, 7) is 4.19. The maximum Gasteiger partial charge on any atom is 0.276 e. The molecule has 0 aliphatic carbocycles. The standard InChI is InChI=1S/C20H25N7O3/c1-2-5-14-12-16(25-30-14)20(29)26-11-6-15-17(13-26)23-24-18(15)19(28)21-7-3-9-27-10-4-8-22-27/h4,8,10,12H,2-3,5-7,9,11,13H2,1H3,(H,21,28)(H,23,24). The van der Waals surface area contributed by atoms with Crippen molar-refractivity contribution in [3.63, 3.8) is 0 Å². The van der Waals surface area contributed by atoms with Crippen molar-refractivity contribution >= 4 is 11.8 Å². The number of nitrogens with one attached hydrogen (secondary N) is 2. The molecule has 30 heavy (non-hydrogen) atoms. The molecule has 0 aromatic carbocycles. The summed E-state index contributed by atoms with van der Waals surface area (Å²) in [6, 6.07) is 3.58. The molecule has 0 radical (unpaired) electrons. The van der Waals surface area contributed by atoms with Gasteiger partial charge in [-0.25, -0.2) is 0 Å². The predicted octanol–water partition coefficient (Wildman–Crippen LogP) is 1.57. The summed E-state index contributed by atoms with van der Waals surface area (Å²) in [5, 5.41) is 18.1. The summed E-state index contributed by atoms with van der Waals surface area (Å²) in [5.41, 5.74) is 2.38. The van der Waals surface area contributed by atoms with Gasteiger partial charge in [0.2, 0.25) is 0 Å². The summed E-state index contributed by atoms with van der Waals surface area (Å²) < 4.78 is 7.04. The number of aromatic nitrogens is 5. The molecule has 3 aromatic heterocycles. The van der Waals surface area contributed by atoms with Crippen LogP contribution >= 0.6 is 0 Å². The number of hydrogen-bond acceptors (Lipinski definition) is 6. The normalized spacial score (nSPS) is 13.3. The first-order valence-corrected chi connectivity index (χ1v) is 10.2. The van der Waals surface area contributed by atoms with Gasteiger partial charge >= 0.3 is 0 Å². The Kier molecular flexibility index (Phi) is 5.92. The van der Waals surface area contributed by atoms with Crippen molar-refractivity contribution in [1.29, 1.82) is 0 Å². The van der Waals surface area contributed by atoms with Gasteiger partial charge in [0.15, 0.2) is 11.4 Å². The molecule has 0 unspecified atom stereocenters. The maximum atomic E-state index is 12.7. The third-order valence-corrected chi connectivity index (χ3v) is 5.12. The van der Waals surface area contributed by atoms with Crippen molar-refractivity contribution < 1.29 is 14.1 Å². The second-order valence-electron chi connectivity index (χ2n) is 7.31. The topological polar surface area (TPSA) is 122 Å². The number of H-pyrrole nitrogens is 1. The molecule has 2 amide bonds. The summed E-state index contributed by atoms with van der Waals surface area (Å²) >= 11 is 0. The van der Waals surface area contributed by atoms with Crippen LogP contribution in [-0.2, 0) is 25.9 Å². The van der Waals surface area contributed by atoms with E-state index < -0.39 is 0 Å². The number of hydrogen-bond donors (Lipinski definition) is 2. The molecule has 4 rings (SSSR count). The number of carbonyl (C=O) groups excluding carboxylic acids is 2. The molecule has 4 heterocycles. The molecule has 3 aromatic rings. The van der Waals surface area contributed by atoms with Gasteiger partial charge < -0.3 is 14.7 Å². The first-order chi connectivity index (χ1) is 14.7. The van der Waals surface area contributed by atoms with E-state index in [2.05, 4.69) is 25.8 Å². The molecule has 158 valence electrons. The van der Waals surface area contributed by atoms with Crippen molar-refractivity contribution in [2.24, 2.45) is 0 Å². The quantitative estimate of drug-likeness (QED) is 0.543. The Balaban J connectivity index is 1.33. The SMILES string of the molecule is CCCc1cc(C(=O)N2CCc3c(C(=O)NCCCn4cccn4)n[nH]c3C2)no1. The number of nitrogens with zero attached hydrogens (tertiary/aromatic N) is 5. The fourth-order valence-corrected chi connectivity index (χ4v) is 3.58. The van der Waals surface area contributed by atoms with E-state index in [0.717, 1.165) is 37.1 Å². The molecule has 10 heteroatoms. The van der Waals surface area contributed by atoms with Crippen LogP contribution in [-0.4, -0.2) is 54.9 Å². The Morgan fingerprint density at radius 1 is 1.37 bits per heavy atom. The fourth-order valence-electron chi connectivity index (χ4n) is 3.58. The summed E-state index contributed by atoms with van der Waals surface area (Å²) in [5.74, 6) is 0.339. The zero-order valence-electron chi connectivity index (χ0n) is 16.9. The highest BCUT2D eigenvalue weighted by Gasteiger charge is 2.29. The number of aryl methyl sites for hydroxylation is 2. The van der Waals surface area contributed by atoms with Crippen LogP contribution in [0.5, 0.6) is 0 Å². The number of carbonyl (C=O) groups is 2. The maximum absolute atomic E-state index is 12.7. The van der Waals surface area contributed by atoms with E-state index in [1.807, 2.05) is 23.9 Å². The van der Waals surface area contributed by atoms with E-state index in [4.69, 9.17) is 4.52 Å². The van der Waals surface area contributed by atoms with E-state index in [1.165, 1.54) is 0 Å². The van der Waals surface area contributed by atoms with Crippen LogP contribution in [0.2, 0.25) is 0 Å². The molecule has 1 aliphatic heterocycles. The third kappa shape index (κ3) is 4.27. The first-order valence-electron chi connectivity index (χ1n) is 10.2. The Hall–Kier alpha value is -3.43. The minimum Gasteiger partial charge on any atom is -0.361 e. The second-order valence-corrected chi connectivity index (χ2v) is 7.31. The lowest BCUT2D eigenvalue weighted by Gasteiger charge is -2.25. The monoisotopic (exact) mass is 411 g/mol. The molecular weight excluding hydrogens is 386 g/mol. The largest absolute Gasteiger partial charge is 0.361 e. The van der Waals surface area contributed by atoms with Gasteiger partial charge in [-0.3, -0.25) is 19.4 Å². The molecule has 0 spiro atoms. The van der Waals surface area contributed by atoms with Crippen molar-refractivity contribution in [2.75, 3.05) is 13.1 Å². The smallest absolute Gasteiger partial charge is 0.276 e. The molecule has 0 fully saturated rings. The van der Waals surface area contributed by atoms with E-state index in [9.17, 15) is 9.59 Å². The lowest BCUT2D eigenvalue weighted by molar-refractivity contribution is 0.0722. The average molecular weight is 411 g/mol. The van der Waals surface area contributed by atoms with Crippen LogP contribution in [0.15, 0.2) is 29.0 Å². The summed E-state index contributed by atoms with van der Waals surface area (Å²) in [6.07, 6.45) is 6.65. The van der Waals surface area contributed by atoms with Crippen LogP contribution in [0.3, 0.4) is 0 Å². The van der Waals surface area contributed by atoms with Crippen LogP contribution in [0, 0.1) is 0 Å². The van der Waals surface area contributed by atoms with Crippen molar-refractivity contribution in [3.8, 4) is 0 Å². The van der Waals surface area contributed by atoms with Crippen LogP contribution in [0.25, 0.3) is 0 Å². The first kappa shape index (κ1) is 19.9. The number of amides is 2. The van der Waals surface area contributed by atoms with Gasteiger partial charge in [-0.2, -0.15) is 10.2 Å². The van der Waals surface area contributed by atoms with Gasteiger partial charge in [0.1, 0.15) is 5.76 Å². The Labute approximate surface area is 173 Å². The molecule has 10 nitrogen and oxygen atoms in total. The number of fused-ring (bicyclic) bond motifs is 1. The summed E-state index contributed by atoms with van der Waals surface area (Å²) in [4.78, 5) is 26.9. The van der Waals surface area contributed by atoms with Gasteiger partial charge in [0.05, 0.1) is 12.2 Å². The Bertz CT molecular complexity index is 1010. The van der Waals surface area contributed by atoms with Gasteiger partial charge in [0.25, 0.3) is 11.8 Å². The van der Waals surface area contributed by atoms with Gasteiger partial charge in [-0.05, 0) is 25.3 Å². The minimum absolute atomic E-state index is 0.175. The van der Waals surface area contributed by atoms with Gasteiger partial charge in [0, 0.05) is 50.1 Å². The van der Waals surface area contributed by atoms with Crippen molar-refractivity contribution in [3.05, 3.63) is 52.9 Å². The van der Waals surface area contributed by atoms with Crippen molar-refractivity contribution in [2.45, 2.75) is 45.7 Å². The van der Waals surface area contributed by atoms with E-state index >= 15 is 0 Å². The highest BCUT2D eigenvalue weighted by molar-refractivity contribution is 5.95. The predicted molar refractivity (Wildman–Crippen MR) is 107 cm³/mol. The molecule has 2 N–H and O–H groups in total. The van der Waals surface area contributed by atoms with Gasteiger partial charge in [-0.15, -0.1) is 0 Å². The molecule has 0 atom stereocenters. The van der Waals surface area contributed by atoms with E-state index in [1.54, 1.807) is 17.2 Å². The molecule has 0 saturated carbocycles. The molecule has 1 aliphatic rings. The van der Waals surface area contributed by atoms with Gasteiger partial charge in [-0.1, -0.05) is 12.1 Å². The highest BCUT2D eigenvalue weighted by atomic mass is 16.5. The second kappa shape index (κ2) is 8.93. The molecule has 0 bridgehead atoms.